The third-order valence-electron chi connectivity index (χ3n) is 7.91. The number of nitrogens with zero attached hydrogens (tertiary/aromatic N) is 4. The van der Waals surface area contributed by atoms with Crippen molar-refractivity contribution in [3.63, 3.8) is 0 Å². The summed E-state index contributed by atoms with van der Waals surface area (Å²) in [5, 5.41) is 37.8. The van der Waals surface area contributed by atoms with E-state index in [2.05, 4.69) is 45.0 Å². The Morgan fingerprint density at radius 2 is 0.951 bits per heavy atom. The van der Waals surface area contributed by atoms with Gasteiger partial charge in [0.2, 0.25) is 11.4 Å². The summed E-state index contributed by atoms with van der Waals surface area (Å²) in [5.74, 6) is -2.32. The molecule has 23 heteroatoms. The van der Waals surface area contributed by atoms with Gasteiger partial charge in [-0.05, 0) is 70.8 Å². The van der Waals surface area contributed by atoms with Crippen LogP contribution in [0.25, 0.3) is 22.3 Å². The fourth-order valence-corrected chi connectivity index (χ4v) is 6.54. The Hall–Kier alpha value is -6.14. The number of ether oxygens (including phenoxy) is 5. The average molecular weight is 893 g/mol. The molecule has 0 aliphatic carbocycles. The van der Waals surface area contributed by atoms with Gasteiger partial charge >= 0.3 is 24.7 Å². The molecule has 4 N–H and O–H groups in total. The van der Waals surface area contributed by atoms with Gasteiger partial charge in [0, 0.05) is 9.79 Å². The van der Waals surface area contributed by atoms with E-state index in [1.54, 1.807) is 36.4 Å². The number of aliphatic hydroxyl groups excluding tert-OH is 1. The van der Waals surface area contributed by atoms with Crippen LogP contribution in [0.5, 0.6) is 11.5 Å². The minimum atomic E-state index is -4.73. The molecule has 0 radical (unpaired) electrons. The number of aromatic carboxylic acids is 1. The van der Waals surface area contributed by atoms with Crippen molar-refractivity contribution in [2.45, 2.75) is 44.8 Å². The van der Waals surface area contributed by atoms with Gasteiger partial charge in [0.15, 0.2) is 10.1 Å². The zero-order valence-corrected chi connectivity index (χ0v) is 32.5. The largest absolute Gasteiger partial charge is 0.573 e. The number of esters is 1. The predicted octanol–water partition coefficient (Wildman–Crippen LogP) is 7.67. The maximum Gasteiger partial charge on any atom is 0.573 e. The Kier molecular flexibility index (Phi) is 14.5. The number of carboxylic acids is 1. The summed E-state index contributed by atoms with van der Waals surface area (Å²) in [6.07, 6.45) is -9.87. The molecule has 61 heavy (non-hydrogen) atoms. The van der Waals surface area contributed by atoms with E-state index in [0.29, 0.717) is 37.0 Å². The molecule has 2 aliphatic rings. The Morgan fingerprint density at radius 1 is 0.590 bits per heavy atom. The van der Waals surface area contributed by atoms with Gasteiger partial charge in [-0.2, -0.15) is 10.4 Å². The maximum atomic E-state index is 12.3. The first-order valence-electron chi connectivity index (χ1n) is 17.5. The molecule has 2 aromatic heterocycles. The second-order valence-corrected chi connectivity index (χ2v) is 14.5. The van der Waals surface area contributed by atoms with Crippen LogP contribution in [0.15, 0.2) is 117 Å². The predicted molar refractivity (Wildman–Crippen MR) is 202 cm³/mol. The first kappa shape index (κ1) is 44.4. The highest BCUT2D eigenvalue weighted by atomic mass is 32.2. The standard InChI is InChI=1S/C19H14F3N3O4S.C16H10F3N3O3S.C3H6O2/c20-19(21,22)29-13-5-1-11(2-6-13)12-3-7-15(8-4-12)30-17-16(23-25-24-17)18(26)28-14-9-27-10-14;17-16(18,19)25-11-5-1-9(2-6-11)10-3-7-12(8-4-10)26-14-13(15(23)24)20-22-21-14;4-3-1-5-2-3/h1-8,14H,9-10H2,(H,23,24,25);1-8H,(H,23,24)(H,20,21,22);3-4H,1-2H2. The van der Waals surface area contributed by atoms with Gasteiger partial charge in [-0.15, -0.1) is 46.7 Å². The Bertz CT molecular complexity index is 2360. The molecule has 0 saturated carbocycles. The fourth-order valence-electron chi connectivity index (χ4n) is 4.92. The first-order chi connectivity index (χ1) is 29.1. The van der Waals surface area contributed by atoms with Gasteiger partial charge in [0.25, 0.3) is 0 Å². The summed E-state index contributed by atoms with van der Waals surface area (Å²) in [4.78, 5) is 24.7. The van der Waals surface area contributed by atoms with Crippen LogP contribution in [0.2, 0.25) is 0 Å². The third kappa shape index (κ3) is 13.4. The van der Waals surface area contributed by atoms with Crippen LogP contribution in [-0.2, 0) is 14.2 Å². The van der Waals surface area contributed by atoms with E-state index in [1.807, 2.05) is 24.3 Å². The second kappa shape index (κ2) is 19.9. The van der Waals surface area contributed by atoms with Gasteiger partial charge in [0.1, 0.15) is 23.7 Å². The molecule has 2 aliphatic heterocycles. The van der Waals surface area contributed by atoms with Crippen LogP contribution in [0, 0.1) is 0 Å². The maximum absolute atomic E-state index is 12.3. The van der Waals surface area contributed by atoms with Crippen LogP contribution in [0.1, 0.15) is 21.0 Å². The number of carbonyl (C=O) groups is 2. The van der Waals surface area contributed by atoms with Crippen LogP contribution in [-0.4, -0.2) is 104 Å². The number of aromatic amines is 2. The first-order valence-corrected chi connectivity index (χ1v) is 19.1. The Balaban J connectivity index is 0.000000184. The number of alkyl halides is 6. The molecular formula is C38H30F6N6O9S2. The highest BCUT2D eigenvalue weighted by Gasteiger charge is 2.32. The van der Waals surface area contributed by atoms with E-state index in [9.17, 15) is 35.9 Å². The smallest absolute Gasteiger partial charge is 0.476 e. The number of halogens is 6. The number of nitrogens with one attached hydrogen (secondary N) is 2. The van der Waals surface area contributed by atoms with Crippen LogP contribution < -0.4 is 9.47 Å². The molecular weight excluding hydrogens is 863 g/mol. The summed E-state index contributed by atoms with van der Waals surface area (Å²) < 4.78 is 95.8. The van der Waals surface area contributed by atoms with Crippen LogP contribution in [0.4, 0.5) is 26.3 Å². The lowest BCUT2D eigenvalue weighted by atomic mass is 10.1. The molecule has 15 nitrogen and oxygen atoms in total. The lowest BCUT2D eigenvalue weighted by Crippen LogP contribution is -2.37. The lowest BCUT2D eigenvalue weighted by molar-refractivity contribution is -0.275. The normalized spacial score (nSPS) is 14.0. The van der Waals surface area contributed by atoms with Crippen molar-refractivity contribution in [2.75, 3.05) is 26.4 Å². The minimum absolute atomic E-state index is 0.0937. The zero-order chi connectivity index (χ0) is 43.6. The Morgan fingerprint density at radius 3 is 1.28 bits per heavy atom. The summed E-state index contributed by atoms with van der Waals surface area (Å²) >= 11 is 2.36. The topological polar surface area (TPSA) is 204 Å². The molecule has 0 bridgehead atoms. The van der Waals surface area contributed by atoms with E-state index in [4.69, 9.17) is 19.7 Å². The van der Waals surface area contributed by atoms with Crippen molar-refractivity contribution in [3.8, 4) is 33.8 Å². The van der Waals surface area contributed by atoms with Gasteiger partial charge in [-0.3, -0.25) is 0 Å². The number of hydrogen-bond donors (Lipinski definition) is 4. The number of benzene rings is 4. The number of carboxylic acid groups (broad SMARTS) is 1. The summed E-state index contributed by atoms with van der Waals surface area (Å²) in [7, 11) is 0. The van der Waals surface area contributed by atoms with Crippen molar-refractivity contribution in [2.24, 2.45) is 0 Å². The van der Waals surface area contributed by atoms with Crippen molar-refractivity contribution in [3.05, 3.63) is 108 Å². The van der Waals surface area contributed by atoms with Crippen molar-refractivity contribution >= 4 is 35.5 Å². The number of aromatic nitrogens is 6. The monoisotopic (exact) mass is 892 g/mol. The van der Waals surface area contributed by atoms with Crippen LogP contribution >= 0.6 is 23.5 Å². The molecule has 320 valence electrons. The number of carbonyl (C=O) groups excluding carboxylic acids is 1. The number of rotatable bonds is 11. The lowest BCUT2D eigenvalue weighted by Gasteiger charge is -2.25. The van der Waals surface area contributed by atoms with Gasteiger partial charge in [-0.25, -0.2) is 9.59 Å². The van der Waals surface area contributed by atoms with Crippen molar-refractivity contribution in [1.82, 2.24) is 30.8 Å². The number of hydrogen-bond acceptors (Lipinski definition) is 14. The second-order valence-electron chi connectivity index (χ2n) is 12.4. The highest BCUT2D eigenvalue weighted by molar-refractivity contribution is 7.99. The van der Waals surface area contributed by atoms with Gasteiger partial charge < -0.3 is 33.9 Å². The summed E-state index contributed by atoms with van der Waals surface area (Å²) in [6.45, 7) is 1.83. The van der Waals surface area contributed by atoms with Crippen molar-refractivity contribution < 1.29 is 69.8 Å². The molecule has 0 spiro atoms. The van der Waals surface area contributed by atoms with E-state index < -0.39 is 24.7 Å². The van der Waals surface area contributed by atoms with Gasteiger partial charge in [0.05, 0.1) is 26.4 Å². The SMILES string of the molecule is O=C(O)c1n[nH]nc1Sc1ccc(-c2ccc(OC(F)(F)F)cc2)cc1.O=C(OC1COC1)c1n[nH]nc1Sc1ccc(-c2ccc(OC(F)(F)F)cc2)cc1.OC1COC1. The minimum Gasteiger partial charge on any atom is -0.476 e. The molecule has 0 atom stereocenters. The van der Waals surface area contributed by atoms with Crippen molar-refractivity contribution in [1.29, 1.82) is 0 Å². The fraction of sp³-hybridized carbons (Fsp3) is 0.211. The van der Waals surface area contributed by atoms with Gasteiger partial charge in [-0.1, -0.05) is 72.1 Å². The summed E-state index contributed by atoms with van der Waals surface area (Å²) in [6, 6.07) is 25.4. The number of aliphatic hydroxyl groups is 1. The number of H-pyrrole nitrogens is 2. The molecule has 2 fully saturated rings. The van der Waals surface area contributed by atoms with E-state index in [0.717, 1.165) is 38.2 Å². The third-order valence-corrected chi connectivity index (χ3v) is 9.88. The molecule has 8 rings (SSSR count). The Labute approximate surface area is 348 Å². The van der Waals surface area contributed by atoms with E-state index in [1.165, 1.54) is 48.2 Å². The molecule has 4 aromatic carbocycles. The highest BCUT2D eigenvalue weighted by Crippen LogP contribution is 2.33. The van der Waals surface area contributed by atoms with Crippen LogP contribution in [0.3, 0.4) is 0 Å². The van der Waals surface area contributed by atoms with E-state index in [-0.39, 0.29) is 40.1 Å². The average Bonchev–Trinajstić information content (AvgIpc) is 3.86. The summed E-state index contributed by atoms with van der Waals surface area (Å²) in [5.41, 5.74) is 2.96. The molecule has 6 aromatic rings. The molecule has 2 saturated heterocycles. The quantitative estimate of drug-likeness (QED) is 0.0728. The molecule has 0 unspecified atom stereocenters. The molecule has 4 heterocycles. The zero-order valence-electron chi connectivity index (χ0n) is 30.8. The van der Waals surface area contributed by atoms with E-state index >= 15 is 0 Å². The molecule has 0 amide bonds.